The van der Waals surface area contributed by atoms with Crippen LogP contribution in [0.4, 0.5) is 20.8 Å². The second-order valence-corrected chi connectivity index (χ2v) is 9.13. The molecule has 1 aliphatic rings. The highest BCUT2D eigenvalue weighted by molar-refractivity contribution is 6.29. The Kier molecular flexibility index (Phi) is 6.64. The van der Waals surface area contributed by atoms with Crippen molar-refractivity contribution < 1.29 is 18.7 Å². The number of ether oxygens (including phenoxy) is 2. The van der Waals surface area contributed by atoms with Gasteiger partial charge in [0, 0.05) is 23.7 Å². The van der Waals surface area contributed by atoms with Crippen molar-refractivity contribution in [3.05, 3.63) is 59.0 Å². The predicted molar refractivity (Wildman–Crippen MR) is 132 cm³/mol. The smallest absolute Gasteiger partial charge is 0.407 e. The van der Waals surface area contributed by atoms with Gasteiger partial charge < -0.3 is 20.1 Å². The maximum Gasteiger partial charge on any atom is 0.407 e. The molecule has 0 unspecified atom stereocenters. The zero-order valence-electron chi connectivity index (χ0n) is 19.8. The SMILES string of the molecule is CC(C)NC(=O)O[C@H]1CO[C@@H](c2cc(Nc3nc(-c4cccc(C#N)c4)cn4nc(Cl)cc34)n[nH]2)[C@@H]1F. The van der Waals surface area contributed by atoms with Crippen LogP contribution in [-0.4, -0.2) is 55.8 Å². The number of carbonyl (C=O) groups is 1. The molecule has 1 aromatic carbocycles. The predicted octanol–water partition coefficient (Wildman–Crippen LogP) is 4.30. The molecule has 0 bridgehead atoms. The topological polar surface area (TPSA) is 142 Å². The molecule has 4 heterocycles. The quantitative estimate of drug-likeness (QED) is 0.339. The number of nitrogens with one attached hydrogen (secondary N) is 3. The monoisotopic (exact) mass is 524 g/mol. The minimum Gasteiger partial charge on any atom is -0.441 e. The highest BCUT2D eigenvalue weighted by Gasteiger charge is 2.42. The molecule has 1 amide bonds. The lowest BCUT2D eigenvalue weighted by atomic mass is 10.1. The van der Waals surface area contributed by atoms with Crippen LogP contribution in [0.1, 0.15) is 31.2 Å². The van der Waals surface area contributed by atoms with Crippen LogP contribution in [0.2, 0.25) is 5.15 Å². The summed E-state index contributed by atoms with van der Waals surface area (Å²) >= 11 is 6.14. The molecule has 1 fully saturated rings. The number of rotatable bonds is 6. The van der Waals surface area contributed by atoms with E-state index in [0.717, 1.165) is 0 Å². The van der Waals surface area contributed by atoms with Crippen molar-refractivity contribution in [2.45, 2.75) is 38.3 Å². The second kappa shape index (κ2) is 10.0. The molecule has 37 heavy (non-hydrogen) atoms. The van der Waals surface area contributed by atoms with E-state index in [9.17, 15) is 10.1 Å². The summed E-state index contributed by atoms with van der Waals surface area (Å²) in [6.45, 7) is 3.47. The molecule has 3 atom stereocenters. The molecule has 3 N–H and O–H groups in total. The molecular formula is C24H22ClFN8O3. The number of carbonyl (C=O) groups excluding carboxylic acids is 1. The van der Waals surface area contributed by atoms with Crippen LogP contribution in [0.15, 0.2) is 42.6 Å². The van der Waals surface area contributed by atoms with Crippen LogP contribution >= 0.6 is 11.6 Å². The van der Waals surface area contributed by atoms with Gasteiger partial charge in [-0.05, 0) is 26.0 Å². The third kappa shape index (κ3) is 5.18. The molecule has 0 aliphatic carbocycles. The van der Waals surface area contributed by atoms with E-state index in [1.165, 1.54) is 0 Å². The number of nitrogens with zero attached hydrogens (tertiary/aromatic N) is 5. The number of hydrogen-bond acceptors (Lipinski definition) is 8. The summed E-state index contributed by atoms with van der Waals surface area (Å²) in [5, 5.41) is 26.4. The Bertz CT molecular complexity index is 1500. The zero-order valence-corrected chi connectivity index (χ0v) is 20.5. The van der Waals surface area contributed by atoms with Gasteiger partial charge in [0.1, 0.15) is 11.6 Å². The number of aromatic nitrogens is 5. The third-order valence-electron chi connectivity index (χ3n) is 5.61. The molecule has 11 nitrogen and oxygen atoms in total. The van der Waals surface area contributed by atoms with Crippen molar-refractivity contribution in [3.8, 4) is 17.3 Å². The Labute approximate surface area is 215 Å². The van der Waals surface area contributed by atoms with Gasteiger partial charge >= 0.3 is 6.09 Å². The number of alkyl halides is 1. The summed E-state index contributed by atoms with van der Waals surface area (Å²) in [5.74, 6) is 0.746. The first-order valence-electron chi connectivity index (χ1n) is 11.4. The fraction of sp³-hybridized carbons (Fsp3) is 0.292. The molecule has 0 saturated carbocycles. The first kappa shape index (κ1) is 24.5. The summed E-state index contributed by atoms with van der Waals surface area (Å²) in [7, 11) is 0. The Balaban J connectivity index is 1.38. The van der Waals surface area contributed by atoms with E-state index in [2.05, 4.69) is 37.0 Å². The van der Waals surface area contributed by atoms with E-state index in [1.54, 1.807) is 54.9 Å². The Morgan fingerprint density at radius 2 is 2.22 bits per heavy atom. The van der Waals surface area contributed by atoms with Gasteiger partial charge in [-0.15, -0.1) is 0 Å². The molecule has 0 spiro atoms. The fourth-order valence-corrected chi connectivity index (χ4v) is 4.14. The highest BCUT2D eigenvalue weighted by atomic mass is 35.5. The Hall–Kier alpha value is -4.21. The second-order valence-electron chi connectivity index (χ2n) is 8.74. The van der Waals surface area contributed by atoms with Crippen molar-refractivity contribution in [1.29, 1.82) is 5.26 Å². The molecular weight excluding hydrogens is 503 g/mol. The molecule has 3 aromatic heterocycles. The minimum atomic E-state index is -1.58. The lowest BCUT2D eigenvalue weighted by molar-refractivity contribution is 0.0615. The van der Waals surface area contributed by atoms with E-state index in [-0.39, 0.29) is 17.8 Å². The lowest BCUT2D eigenvalue weighted by Gasteiger charge is -2.16. The molecule has 13 heteroatoms. The molecule has 5 rings (SSSR count). The first-order chi connectivity index (χ1) is 17.8. The van der Waals surface area contributed by atoms with Crippen molar-refractivity contribution in [2.75, 3.05) is 11.9 Å². The Morgan fingerprint density at radius 3 is 3.00 bits per heavy atom. The first-order valence-corrected chi connectivity index (χ1v) is 11.8. The van der Waals surface area contributed by atoms with Gasteiger partial charge in [-0.1, -0.05) is 23.7 Å². The van der Waals surface area contributed by atoms with E-state index in [1.807, 2.05) is 6.07 Å². The van der Waals surface area contributed by atoms with Gasteiger partial charge in [0.2, 0.25) is 0 Å². The standard InChI is InChI=1S/C24H22ClFN8O3/c1-12(2)28-24(35)37-18-11-36-22(21(18)26)15-7-20(32-31-15)30-23-17-8-19(25)33-34(17)10-16(29-23)14-5-3-4-13(6-14)9-27/h3-8,10,12,18,21-22H,11H2,1-2H3,(H,28,35)(H2,29,30,31,32)/t18-,21+,22-/m0/s1. The van der Waals surface area contributed by atoms with Gasteiger partial charge in [-0.3, -0.25) is 5.10 Å². The van der Waals surface area contributed by atoms with Crippen molar-refractivity contribution in [2.24, 2.45) is 0 Å². The number of H-pyrrole nitrogens is 1. The fourth-order valence-electron chi connectivity index (χ4n) is 3.95. The van der Waals surface area contributed by atoms with Crippen LogP contribution in [0.3, 0.4) is 0 Å². The van der Waals surface area contributed by atoms with E-state index < -0.39 is 24.5 Å². The van der Waals surface area contributed by atoms with Crippen LogP contribution in [-0.2, 0) is 9.47 Å². The summed E-state index contributed by atoms with van der Waals surface area (Å²) in [4.78, 5) is 16.5. The number of benzene rings is 1. The number of fused-ring (bicyclic) bond motifs is 1. The van der Waals surface area contributed by atoms with Gasteiger partial charge in [-0.25, -0.2) is 18.7 Å². The number of alkyl carbamates (subject to hydrolysis) is 1. The van der Waals surface area contributed by atoms with E-state index >= 15 is 4.39 Å². The molecule has 190 valence electrons. The minimum absolute atomic E-state index is 0.0839. The number of aromatic amines is 1. The van der Waals surface area contributed by atoms with Crippen LogP contribution < -0.4 is 10.6 Å². The van der Waals surface area contributed by atoms with Gasteiger partial charge in [0.15, 0.2) is 29.1 Å². The maximum atomic E-state index is 15.0. The normalized spacial score (nSPS) is 19.2. The zero-order chi connectivity index (χ0) is 26.1. The molecule has 1 saturated heterocycles. The van der Waals surface area contributed by atoms with Crippen LogP contribution in [0.5, 0.6) is 0 Å². The largest absolute Gasteiger partial charge is 0.441 e. The number of amides is 1. The average molecular weight is 525 g/mol. The molecule has 0 radical (unpaired) electrons. The highest BCUT2D eigenvalue weighted by Crippen LogP contribution is 2.34. The number of anilines is 2. The number of halogens is 2. The lowest BCUT2D eigenvalue weighted by Crippen LogP contribution is -2.36. The number of hydrogen-bond donors (Lipinski definition) is 3. The summed E-state index contributed by atoms with van der Waals surface area (Å²) in [6, 6.07) is 12.2. The molecule has 1 aliphatic heterocycles. The van der Waals surface area contributed by atoms with Crippen molar-refractivity contribution in [1.82, 2.24) is 30.1 Å². The van der Waals surface area contributed by atoms with Crippen molar-refractivity contribution >= 4 is 34.8 Å². The van der Waals surface area contributed by atoms with Gasteiger partial charge in [0.25, 0.3) is 0 Å². The number of nitriles is 1. The van der Waals surface area contributed by atoms with E-state index in [0.29, 0.717) is 39.7 Å². The van der Waals surface area contributed by atoms with Crippen LogP contribution in [0, 0.1) is 11.3 Å². The van der Waals surface area contributed by atoms with Gasteiger partial charge in [-0.2, -0.15) is 15.5 Å². The summed E-state index contributed by atoms with van der Waals surface area (Å²) in [5.41, 5.74) is 2.70. The summed E-state index contributed by atoms with van der Waals surface area (Å²) < 4.78 is 27.3. The Morgan fingerprint density at radius 1 is 1.38 bits per heavy atom. The van der Waals surface area contributed by atoms with Crippen molar-refractivity contribution in [3.63, 3.8) is 0 Å². The van der Waals surface area contributed by atoms with E-state index in [4.69, 9.17) is 21.1 Å². The average Bonchev–Trinajstić information content (AvgIpc) is 3.57. The molecule has 4 aromatic rings. The maximum absolute atomic E-state index is 15.0. The third-order valence-corrected chi connectivity index (χ3v) is 5.80. The van der Waals surface area contributed by atoms with Gasteiger partial charge in [0.05, 0.1) is 35.8 Å². The van der Waals surface area contributed by atoms with Crippen LogP contribution in [0.25, 0.3) is 16.8 Å². The summed E-state index contributed by atoms with van der Waals surface area (Å²) in [6.07, 6.45) is -2.61.